The van der Waals surface area contributed by atoms with Gasteiger partial charge < -0.3 is 20.4 Å². The molecule has 0 bridgehead atoms. The van der Waals surface area contributed by atoms with Crippen LogP contribution in [0.4, 0.5) is 0 Å². The van der Waals surface area contributed by atoms with E-state index in [2.05, 4.69) is 15.6 Å². The van der Waals surface area contributed by atoms with Crippen molar-refractivity contribution < 1.29 is 4.74 Å². The largest absolute Gasteiger partial charge is 0.489 e. The van der Waals surface area contributed by atoms with E-state index in [1.165, 1.54) is 19.4 Å². The highest BCUT2D eigenvalue weighted by atomic mass is 35.5. The minimum absolute atomic E-state index is 0.124. The number of nitrogens with one attached hydrogen (secondary N) is 3. The Hall–Kier alpha value is -1.56. The Labute approximate surface area is 164 Å². The van der Waals surface area contributed by atoms with Crippen LogP contribution in [0.2, 0.25) is 5.02 Å². The van der Waals surface area contributed by atoms with E-state index >= 15 is 0 Å². The molecule has 2 fully saturated rings. The average Bonchev–Trinajstić information content (AvgIpc) is 2.70. The van der Waals surface area contributed by atoms with Gasteiger partial charge in [0.25, 0.3) is 5.56 Å². The molecule has 2 aliphatic rings. The lowest BCUT2D eigenvalue weighted by molar-refractivity contribution is 0.138. The van der Waals surface area contributed by atoms with Crippen LogP contribution in [0.25, 0.3) is 10.8 Å². The van der Waals surface area contributed by atoms with E-state index in [1.54, 1.807) is 12.3 Å². The van der Waals surface area contributed by atoms with E-state index < -0.39 is 0 Å². The first kappa shape index (κ1) is 18.8. The molecule has 146 valence electrons. The standard InChI is InChI=1S/C21H28ClN3O2/c22-19-11-18-15(7-9-24-21(18)26)10-20(19)27-17-5-3-16(4-6-17)25-13-14-2-1-8-23-12-14/h7,9-11,14,16-17,23,25H,1-6,8,12-13H2,(H,24,26)/t14?,16-,17+. The number of aromatic nitrogens is 1. The molecule has 27 heavy (non-hydrogen) atoms. The van der Waals surface area contributed by atoms with Gasteiger partial charge in [-0.25, -0.2) is 0 Å². The van der Waals surface area contributed by atoms with Crippen molar-refractivity contribution in [3.63, 3.8) is 0 Å². The van der Waals surface area contributed by atoms with Crippen LogP contribution < -0.4 is 20.9 Å². The lowest BCUT2D eigenvalue weighted by Crippen LogP contribution is -2.42. The molecule has 6 heteroatoms. The fraction of sp³-hybridized carbons (Fsp3) is 0.571. The van der Waals surface area contributed by atoms with Crippen molar-refractivity contribution in [3.05, 3.63) is 39.8 Å². The number of aromatic amines is 1. The fourth-order valence-corrected chi connectivity index (χ4v) is 4.48. The van der Waals surface area contributed by atoms with Crippen molar-refractivity contribution in [1.29, 1.82) is 0 Å². The second-order valence-corrected chi connectivity index (χ2v) is 8.30. The topological polar surface area (TPSA) is 66.2 Å². The summed E-state index contributed by atoms with van der Waals surface area (Å²) in [5.74, 6) is 1.45. The van der Waals surface area contributed by atoms with Crippen LogP contribution in [0.3, 0.4) is 0 Å². The normalized spacial score (nSPS) is 26.2. The summed E-state index contributed by atoms with van der Waals surface area (Å²) < 4.78 is 6.19. The van der Waals surface area contributed by atoms with Crippen molar-refractivity contribution >= 4 is 22.4 Å². The van der Waals surface area contributed by atoms with E-state index in [4.69, 9.17) is 16.3 Å². The Bertz CT molecular complexity index is 824. The summed E-state index contributed by atoms with van der Waals surface area (Å²) in [6.45, 7) is 3.44. The molecular formula is C21H28ClN3O2. The summed E-state index contributed by atoms with van der Waals surface area (Å²) in [5.41, 5.74) is -0.124. The second-order valence-electron chi connectivity index (χ2n) is 7.89. The maximum atomic E-state index is 11.9. The summed E-state index contributed by atoms with van der Waals surface area (Å²) in [5, 5.41) is 9.20. The third kappa shape index (κ3) is 4.65. The van der Waals surface area contributed by atoms with E-state index in [-0.39, 0.29) is 11.7 Å². The van der Waals surface area contributed by atoms with Gasteiger partial charge in [-0.1, -0.05) is 11.6 Å². The highest BCUT2D eigenvalue weighted by Crippen LogP contribution is 2.32. The van der Waals surface area contributed by atoms with Crippen LogP contribution in [-0.4, -0.2) is 36.8 Å². The minimum Gasteiger partial charge on any atom is -0.489 e. The number of hydrogen-bond acceptors (Lipinski definition) is 4. The van der Waals surface area contributed by atoms with E-state index in [0.717, 1.165) is 50.1 Å². The summed E-state index contributed by atoms with van der Waals surface area (Å²) in [4.78, 5) is 14.6. The van der Waals surface area contributed by atoms with Gasteiger partial charge >= 0.3 is 0 Å². The van der Waals surface area contributed by atoms with Crippen molar-refractivity contribution in [2.75, 3.05) is 19.6 Å². The Morgan fingerprint density at radius 2 is 2.04 bits per heavy atom. The van der Waals surface area contributed by atoms with E-state index in [1.807, 2.05) is 12.1 Å². The second kappa shape index (κ2) is 8.63. The van der Waals surface area contributed by atoms with Gasteiger partial charge in [0.15, 0.2) is 0 Å². The molecule has 2 heterocycles. The van der Waals surface area contributed by atoms with Crippen LogP contribution in [0.1, 0.15) is 38.5 Å². The summed E-state index contributed by atoms with van der Waals surface area (Å²) in [6.07, 6.45) is 8.81. The van der Waals surface area contributed by atoms with Gasteiger partial charge in [-0.2, -0.15) is 0 Å². The molecule has 3 N–H and O–H groups in total. The Balaban J connectivity index is 1.30. The zero-order chi connectivity index (χ0) is 18.6. The van der Waals surface area contributed by atoms with Gasteiger partial charge in [-0.05, 0) is 87.7 Å². The van der Waals surface area contributed by atoms with Crippen molar-refractivity contribution in [3.8, 4) is 5.75 Å². The van der Waals surface area contributed by atoms with Gasteiger partial charge in [0, 0.05) is 17.6 Å². The fourth-order valence-electron chi connectivity index (χ4n) is 4.27. The highest BCUT2D eigenvalue weighted by molar-refractivity contribution is 6.32. The molecule has 0 amide bonds. The number of benzene rings is 1. The quantitative estimate of drug-likeness (QED) is 0.732. The Morgan fingerprint density at radius 3 is 2.81 bits per heavy atom. The molecule has 1 atom stereocenters. The first-order valence-electron chi connectivity index (χ1n) is 10.1. The number of H-pyrrole nitrogens is 1. The molecule has 5 nitrogen and oxygen atoms in total. The maximum Gasteiger partial charge on any atom is 0.255 e. The zero-order valence-electron chi connectivity index (χ0n) is 15.6. The Kier molecular flexibility index (Phi) is 6.01. The van der Waals surface area contributed by atoms with Crippen LogP contribution in [-0.2, 0) is 0 Å². The molecule has 1 aromatic heterocycles. The molecule has 1 aliphatic heterocycles. The first-order chi connectivity index (χ1) is 13.2. The lowest BCUT2D eigenvalue weighted by Gasteiger charge is -2.32. The number of halogens is 1. The van der Waals surface area contributed by atoms with Crippen molar-refractivity contribution in [1.82, 2.24) is 15.6 Å². The highest BCUT2D eigenvalue weighted by Gasteiger charge is 2.24. The van der Waals surface area contributed by atoms with Gasteiger partial charge in [0.1, 0.15) is 5.75 Å². The molecule has 1 aromatic carbocycles. The maximum absolute atomic E-state index is 11.9. The lowest BCUT2D eigenvalue weighted by atomic mass is 9.92. The van der Waals surface area contributed by atoms with Crippen molar-refractivity contribution in [2.24, 2.45) is 5.92 Å². The SMILES string of the molecule is O=c1[nH]ccc2cc(O[C@H]3CC[C@@H](NCC4CCCNC4)CC3)c(Cl)cc12. The number of pyridine rings is 1. The van der Waals surface area contributed by atoms with Gasteiger partial charge in [0.05, 0.1) is 11.1 Å². The first-order valence-corrected chi connectivity index (χ1v) is 10.5. The van der Waals surface area contributed by atoms with Crippen LogP contribution >= 0.6 is 11.6 Å². The van der Waals surface area contributed by atoms with Crippen molar-refractivity contribution in [2.45, 2.75) is 50.7 Å². The summed E-state index contributed by atoms with van der Waals surface area (Å²) in [7, 11) is 0. The van der Waals surface area contributed by atoms with E-state index in [0.29, 0.717) is 22.2 Å². The number of piperidine rings is 1. The molecule has 1 saturated heterocycles. The third-order valence-corrected chi connectivity index (χ3v) is 6.18. The number of fused-ring (bicyclic) bond motifs is 1. The molecule has 1 unspecified atom stereocenters. The molecule has 0 spiro atoms. The predicted octanol–water partition coefficient (Wildman–Crippen LogP) is 3.46. The minimum atomic E-state index is -0.124. The summed E-state index contributed by atoms with van der Waals surface area (Å²) in [6, 6.07) is 6.06. The molecule has 0 radical (unpaired) electrons. The van der Waals surface area contributed by atoms with Crippen LogP contribution in [0.15, 0.2) is 29.2 Å². The van der Waals surface area contributed by atoms with Gasteiger partial charge in [0.2, 0.25) is 0 Å². The smallest absolute Gasteiger partial charge is 0.255 e. The average molecular weight is 390 g/mol. The number of rotatable bonds is 5. The predicted molar refractivity (Wildman–Crippen MR) is 110 cm³/mol. The van der Waals surface area contributed by atoms with Gasteiger partial charge in [-0.15, -0.1) is 0 Å². The zero-order valence-corrected chi connectivity index (χ0v) is 16.4. The Morgan fingerprint density at radius 1 is 1.19 bits per heavy atom. The number of ether oxygens (including phenoxy) is 1. The molecule has 4 rings (SSSR count). The van der Waals surface area contributed by atoms with Crippen LogP contribution in [0, 0.1) is 5.92 Å². The summed E-state index contributed by atoms with van der Waals surface area (Å²) >= 11 is 6.36. The monoisotopic (exact) mass is 389 g/mol. The third-order valence-electron chi connectivity index (χ3n) is 5.89. The molecular weight excluding hydrogens is 362 g/mol. The molecule has 2 aromatic rings. The molecule has 1 aliphatic carbocycles. The molecule has 1 saturated carbocycles. The van der Waals surface area contributed by atoms with Gasteiger partial charge in [-0.3, -0.25) is 4.79 Å². The number of hydrogen-bond donors (Lipinski definition) is 3. The van der Waals surface area contributed by atoms with E-state index in [9.17, 15) is 4.79 Å². The van der Waals surface area contributed by atoms with Crippen LogP contribution in [0.5, 0.6) is 5.75 Å².